The molecule has 0 bridgehead atoms. The maximum absolute atomic E-state index is 14.7. The van der Waals surface area contributed by atoms with Crippen LogP contribution in [-0.2, 0) is 4.79 Å². The summed E-state index contributed by atoms with van der Waals surface area (Å²) in [5, 5.41) is 10.4. The van der Waals surface area contributed by atoms with Crippen LogP contribution in [0.1, 0.15) is 24.3 Å². The molecule has 5 rings (SSSR count). The number of carbonyl (C=O) groups is 1. The van der Waals surface area contributed by atoms with E-state index in [9.17, 15) is 9.18 Å². The quantitative estimate of drug-likeness (QED) is 0.409. The van der Waals surface area contributed by atoms with Crippen molar-refractivity contribution in [3.05, 3.63) is 66.4 Å². The van der Waals surface area contributed by atoms with Crippen molar-refractivity contribution in [2.24, 2.45) is 0 Å². The fraction of sp³-hybridized carbons (Fsp3) is 0.308. The average molecular weight is 490 g/mol. The largest absolute Gasteiger partial charge is 0.495 e. The third-order valence-electron chi connectivity index (χ3n) is 6.54. The Morgan fingerprint density at radius 3 is 2.81 bits per heavy atom. The van der Waals surface area contributed by atoms with Gasteiger partial charge in [-0.1, -0.05) is 12.1 Å². The molecular weight excluding hydrogens is 461 g/mol. The van der Waals surface area contributed by atoms with Gasteiger partial charge in [-0.15, -0.1) is 0 Å². The number of fused-ring (bicyclic) bond motifs is 1. The summed E-state index contributed by atoms with van der Waals surface area (Å²) in [5.74, 6) is 0.851. The highest BCUT2D eigenvalue weighted by molar-refractivity contribution is 5.79. The summed E-state index contributed by atoms with van der Waals surface area (Å²) in [6, 6.07) is 11.6. The number of nitrogens with one attached hydrogen (secondary N) is 2. The van der Waals surface area contributed by atoms with Gasteiger partial charge in [0, 0.05) is 24.8 Å². The lowest BCUT2D eigenvalue weighted by Gasteiger charge is -2.32. The molecule has 1 aliphatic heterocycles. The Balaban J connectivity index is 1.34. The van der Waals surface area contributed by atoms with Gasteiger partial charge in [0.25, 0.3) is 0 Å². The highest BCUT2D eigenvalue weighted by Gasteiger charge is 2.24. The molecule has 0 spiro atoms. The van der Waals surface area contributed by atoms with Gasteiger partial charge in [-0.25, -0.2) is 18.9 Å². The first-order valence-corrected chi connectivity index (χ1v) is 11.9. The first-order chi connectivity index (χ1) is 17.6. The third kappa shape index (κ3) is 4.72. The van der Waals surface area contributed by atoms with E-state index in [1.807, 2.05) is 35.2 Å². The van der Waals surface area contributed by atoms with Crippen molar-refractivity contribution in [1.29, 1.82) is 0 Å². The summed E-state index contributed by atoms with van der Waals surface area (Å²) in [4.78, 5) is 22.6. The summed E-state index contributed by atoms with van der Waals surface area (Å²) >= 11 is 0. The number of likely N-dealkylation sites (N-methyl/N-ethyl adjacent to an activating group) is 1. The number of amides is 1. The van der Waals surface area contributed by atoms with Crippen LogP contribution >= 0.6 is 0 Å². The summed E-state index contributed by atoms with van der Waals surface area (Å²) in [7, 11) is 3.39. The Hall–Kier alpha value is -4.05. The molecule has 1 fully saturated rings. The first kappa shape index (κ1) is 23.7. The van der Waals surface area contributed by atoms with E-state index >= 15 is 0 Å². The van der Waals surface area contributed by atoms with Gasteiger partial charge < -0.3 is 20.3 Å². The molecule has 1 amide bonds. The van der Waals surface area contributed by atoms with E-state index in [1.165, 1.54) is 0 Å². The molecule has 1 saturated heterocycles. The van der Waals surface area contributed by atoms with Crippen LogP contribution in [0.5, 0.6) is 5.75 Å². The van der Waals surface area contributed by atoms with Crippen LogP contribution < -0.4 is 15.4 Å². The average Bonchev–Trinajstić information content (AvgIpc) is 3.34. The maximum atomic E-state index is 14.7. The van der Waals surface area contributed by atoms with Crippen molar-refractivity contribution >= 4 is 23.1 Å². The van der Waals surface area contributed by atoms with Gasteiger partial charge in [0.1, 0.15) is 11.4 Å². The van der Waals surface area contributed by atoms with Crippen molar-refractivity contribution in [3.8, 4) is 17.0 Å². The van der Waals surface area contributed by atoms with Crippen LogP contribution in [0.15, 0.2) is 55.0 Å². The molecule has 0 saturated carbocycles. The third-order valence-corrected chi connectivity index (χ3v) is 6.54. The second-order valence-corrected chi connectivity index (χ2v) is 8.75. The minimum Gasteiger partial charge on any atom is -0.495 e. The van der Waals surface area contributed by atoms with E-state index in [0.717, 1.165) is 43.2 Å². The lowest BCUT2D eigenvalue weighted by molar-refractivity contribution is -0.131. The molecule has 2 N–H and O–H groups in total. The first-order valence-electron chi connectivity index (χ1n) is 11.9. The van der Waals surface area contributed by atoms with E-state index in [-0.39, 0.29) is 17.5 Å². The van der Waals surface area contributed by atoms with Gasteiger partial charge in [-0.3, -0.25) is 4.79 Å². The molecule has 0 aliphatic carbocycles. The smallest absolute Gasteiger partial charge is 0.236 e. The van der Waals surface area contributed by atoms with E-state index < -0.39 is 5.82 Å². The fourth-order valence-corrected chi connectivity index (χ4v) is 4.64. The molecule has 0 radical (unpaired) electrons. The number of carbonyl (C=O) groups excluding carboxylic acids is 1. The lowest BCUT2D eigenvalue weighted by atomic mass is 9.89. The monoisotopic (exact) mass is 489 g/mol. The van der Waals surface area contributed by atoms with Crippen LogP contribution in [0.3, 0.4) is 0 Å². The zero-order valence-electron chi connectivity index (χ0n) is 20.2. The zero-order valence-corrected chi connectivity index (χ0v) is 20.2. The van der Waals surface area contributed by atoms with Gasteiger partial charge in [-0.05, 0) is 55.6 Å². The Morgan fingerprint density at radius 2 is 2.03 bits per heavy atom. The Bertz CT molecular complexity index is 1380. The van der Waals surface area contributed by atoms with Crippen molar-refractivity contribution < 1.29 is 13.9 Å². The number of likely N-dealkylation sites (tertiary alicyclic amines) is 1. The number of halogens is 1. The molecule has 4 heterocycles. The van der Waals surface area contributed by atoms with E-state index in [0.29, 0.717) is 29.5 Å². The van der Waals surface area contributed by atoms with Crippen molar-refractivity contribution in [3.63, 3.8) is 0 Å². The molecule has 9 nitrogen and oxygen atoms in total. The Morgan fingerprint density at radius 1 is 1.19 bits per heavy atom. The molecule has 186 valence electrons. The van der Waals surface area contributed by atoms with Gasteiger partial charge in [0.2, 0.25) is 11.9 Å². The van der Waals surface area contributed by atoms with Gasteiger partial charge >= 0.3 is 0 Å². The molecule has 0 atom stereocenters. The molecule has 1 aromatic carbocycles. The van der Waals surface area contributed by atoms with Crippen LogP contribution in [0.2, 0.25) is 0 Å². The maximum Gasteiger partial charge on any atom is 0.236 e. The number of methoxy groups -OCH3 is 1. The predicted octanol–water partition coefficient (Wildman–Crippen LogP) is 3.61. The van der Waals surface area contributed by atoms with Crippen LogP contribution in [-0.4, -0.2) is 64.2 Å². The minimum absolute atomic E-state index is 0.135. The SMILES string of the molecule is CNCC(=O)N1CCC(c2ccc(Nc3ncc(F)c(-c4cnn5ccccc45)n3)c(OC)c2)CC1. The normalized spacial score (nSPS) is 14.2. The van der Waals surface area contributed by atoms with E-state index in [2.05, 4.69) is 31.8 Å². The number of pyridine rings is 1. The number of anilines is 2. The number of nitrogens with zero attached hydrogens (tertiary/aromatic N) is 5. The summed E-state index contributed by atoms with van der Waals surface area (Å²) in [6.07, 6.45) is 6.34. The molecule has 4 aromatic rings. The topological polar surface area (TPSA) is 96.7 Å². The fourth-order valence-electron chi connectivity index (χ4n) is 4.64. The van der Waals surface area contributed by atoms with Crippen LogP contribution in [0, 0.1) is 5.82 Å². The van der Waals surface area contributed by atoms with E-state index in [1.54, 1.807) is 31.1 Å². The second-order valence-electron chi connectivity index (χ2n) is 8.75. The number of ether oxygens (including phenoxy) is 1. The number of piperidine rings is 1. The van der Waals surface area contributed by atoms with Crippen LogP contribution in [0.4, 0.5) is 16.0 Å². The number of rotatable bonds is 7. The van der Waals surface area contributed by atoms with Crippen molar-refractivity contribution in [1.82, 2.24) is 29.8 Å². The molecule has 1 aliphatic rings. The van der Waals surface area contributed by atoms with Gasteiger partial charge in [0.05, 0.1) is 37.3 Å². The summed E-state index contributed by atoms with van der Waals surface area (Å²) < 4.78 is 22.0. The van der Waals surface area contributed by atoms with Gasteiger partial charge in [0.15, 0.2) is 5.82 Å². The number of aromatic nitrogens is 4. The Kier molecular flexibility index (Phi) is 6.77. The molecular formula is C26H28FN7O2. The minimum atomic E-state index is -0.527. The number of hydrogen-bond donors (Lipinski definition) is 2. The molecule has 36 heavy (non-hydrogen) atoms. The van der Waals surface area contributed by atoms with Gasteiger partial charge in [-0.2, -0.15) is 5.10 Å². The molecule has 10 heteroatoms. The lowest BCUT2D eigenvalue weighted by Crippen LogP contribution is -2.41. The summed E-state index contributed by atoms with van der Waals surface area (Å²) in [6.45, 7) is 1.84. The van der Waals surface area contributed by atoms with E-state index in [4.69, 9.17) is 4.74 Å². The van der Waals surface area contributed by atoms with Crippen molar-refractivity contribution in [2.45, 2.75) is 18.8 Å². The highest BCUT2D eigenvalue weighted by Crippen LogP contribution is 2.35. The van der Waals surface area contributed by atoms with Crippen molar-refractivity contribution in [2.75, 3.05) is 39.1 Å². The molecule has 0 unspecified atom stereocenters. The molecule has 3 aromatic heterocycles. The zero-order chi connectivity index (χ0) is 25.1. The highest BCUT2D eigenvalue weighted by atomic mass is 19.1. The summed E-state index contributed by atoms with van der Waals surface area (Å²) in [5.41, 5.74) is 3.34. The number of benzene rings is 1. The predicted molar refractivity (Wildman–Crippen MR) is 135 cm³/mol. The second kappa shape index (κ2) is 10.3. The van der Waals surface area contributed by atoms with Crippen LogP contribution in [0.25, 0.3) is 16.8 Å². The Labute approximate surface area is 208 Å². The standard InChI is InChI=1S/C26H28FN7O2/c1-28-16-24(35)33-11-8-17(9-12-33)18-6-7-21(23(13-18)36-2)31-26-29-15-20(27)25(32-26)19-14-30-34-10-4-3-5-22(19)34/h3-7,10,13-15,17,28H,8-9,11-12,16H2,1-2H3,(H,29,31,32). The number of hydrogen-bond acceptors (Lipinski definition) is 7.